The molecule has 0 saturated heterocycles. The van der Waals surface area contributed by atoms with E-state index in [0.29, 0.717) is 18.0 Å². The quantitative estimate of drug-likeness (QED) is 0.912. The number of hydrogen-bond acceptors (Lipinski definition) is 2. The number of para-hydroxylation sites is 1. The molecular formula is C17H18FNO. The average Bonchev–Trinajstić information content (AvgIpc) is 2.90. The maximum Gasteiger partial charge on any atom is 0.167 e. The predicted octanol–water partition coefficient (Wildman–Crippen LogP) is 3.83. The van der Waals surface area contributed by atoms with Crippen LogP contribution < -0.4 is 10.1 Å². The molecule has 0 spiro atoms. The van der Waals surface area contributed by atoms with Gasteiger partial charge in [-0.2, -0.15) is 0 Å². The third-order valence-corrected chi connectivity index (χ3v) is 3.71. The molecule has 2 nitrogen and oxygen atoms in total. The molecule has 0 fully saturated rings. The second-order valence-electron chi connectivity index (χ2n) is 5.14. The number of ether oxygens (including phenoxy) is 1. The van der Waals surface area contributed by atoms with E-state index in [0.717, 1.165) is 18.4 Å². The number of fused-ring (bicyclic) bond motifs is 1. The maximum atomic E-state index is 14.0. The molecule has 20 heavy (non-hydrogen) atoms. The van der Waals surface area contributed by atoms with Crippen LogP contribution in [0.15, 0.2) is 36.4 Å². The van der Waals surface area contributed by atoms with Crippen molar-refractivity contribution in [1.82, 2.24) is 5.32 Å². The Hall–Kier alpha value is -1.87. The second-order valence-corrected chi connectivity index (χ2v) is 5.14. The molecule has 2 aromatic rings. The van der Waals surface area contributed by atoms with Crippen molar-refractivity contribution in [1.29, 1.82) is 0 Å². The Balaban J connectivity index is 1.91. The molecule has 3 rings (SSSR count). The monoisotopic (exact) mass is 271 g/mol. The van der Waals surface area contributed by atoms with Gasteiger partial charge in [-0.15, -0.1) is 0 Å². The highest BCUT2D eigenvalue weighted by Crippen LogP contribution is 2.32. The minimum atomic E-state index is -0.321. The Bertz CT molecular complexity index is 624. The summed E-state index contributed by atoms with van der Waals surface area (Å²) >= 11 is 0. The molecule has 1 aliphatic rings. The molecule has 1 aliphatic carbocycles. The molecule has 0 amide bonds. The van der Waals surface area contributed by atoms with Crippen LogP contribution in [-0.4, -0.2) is 7.05 Å². The van der Waals surface area contributed by atoms with Gasteiger partial charge in [-0.3, -0.25) is 0 Å². The Labute approximate surface area is 118 Å². The molecule has 0 heterocycles. The Morgan fingerprint density at radius 3 is 2.85 bits per heavy atom. The van der Waals surface area contributed by atoms with Crippen LogP contribution >= 0.6 is 0 Å². The van der Waals surface area contributed by atoms with Gasteiger partial charge in [0.25, 0.3) is 0 Å². The number of aryl methyl sites for hydroxylation is 2. The van der Waals surface area contributed by atoms with Gasteiger partial charge in [-0.05, 0) is 55.6 Å². The largest absolute Gasteiger partial charge is 0.454 e. The van der Waals surface area contributed by atoms with Crippen LogP contribution in [0.1, 0.15) is 23.1 Å². The highest BCUT2D eigenvalue weighted by atomic mass is 19.1. The first kappa shape index (κ1) is 13.1. The summed E-state index contributed by atoms with van der Waals surface area (Å²) in [4.78, 5) is 0. The van der Waals surface area contributed by atoms with Gasteiger partial charge < -0.3 is 10.1 Å². The number of halogens is 1. The van der Waals surface area contributed by atoms with Gasteiger partial charge in [0, 0.05) is 12.1 Å². The standard InChI is InChI=1S/C17H18FNO/c1-19-11-14-6-3-7-16(18)17(14)20-15-9-8-12-4-2-5-13(12)10-15/h3,6-10,19H,2,4-5,11H2,1H3. The van der Waals surface area contributed by atoms with E-state index in [1.54, 1.807) is 6.07 Å². The molecule has 0 bridgehead atoms. The van der Waals surface area contributed by atoms with Crippen LogP contribution in [0, 0.1) is 5.82 Å². The number of hydrogen-bond donors (Lipinski definition) is 1. The fraction of sp³-hybridized carbons (Fsp3) is 0.294. The molecule has 3 heteroatoms. The average molecular weight is 271 g/mol. The lowest BCUT2D eigenvalue weighted by atomic mass is 10.1. The van der Waals surface area contributed by atoms with Gasteiger partial charge in [0.1, 0.15) is 5.75 Å². The Morgan fingerprint density at radius 1 is 1.15 bits per heavy atom. The molecule has 104 valence electrons. The Morgan fingerprint density at radius 2 is 2.00 bits per heavy atom. The number of nitrogens with one attached hydrogen (secondary N) is 1. The van der Waals surface area contributed by atoms with Crippen molar-refractivity contribution in [3.63, 3.8) is 0 Å². The van der Waals surface area contributed by atoms with Crippen molar-refractivity contribution in [3.8, 4) is 11.5 Å². The van der Waals surface area contributed by atoms with Crippen molar-refractivity contribution in [2.45, 2.75) is 25.8 Å². The van der Waals surface area contributed by atoms with Crippen molar-refractivity contribution in [3.05, 3.63) is 58.9 Å². The summed E-state index contributed by atoms with van der Waals surface area (Å²) < 4.78 is 19.8. The van der Waals surface area contributed by atoms with Gasteiger partial charge in [-0.1, -0.05) is 18.2 Å². The minimum absolute atomic E-state index is 0.319. The lowest BCUT2D eigenvalue weighted by Crippen LogP contribution is -2.07. The summed E-state index contributed by atoms with van der Waals surface area (Å²) in [6, 6.07) is 11.1. The first-order valence-electron chi connectivity index (χ1n) is 6.99. The van der Waals surface area contributed by atoms with E-state index in [9.17, 15) is 4.39 Å². The summed E-state index contributed by atoms with van der Waals surface area (Å²) in [6.45, 7) is 0.581. The lowest BCUT2D eigenvalue weighted by molar-refractivity contribution is 0.434. The molecule has 0 aliphatic heterocycles. The SMILES string of the molecule is CNCc1cccc(F)c1Oc1ccc2c(c1)CCC2. The van der Waals surface area contributed by atoms with Gasteiger partial charge in [0.2, 0.25) is 0 Å². The number of benzene rings is 2. The van der Waals surface area contributed by atoms with Crippen molar-refractivity contribution >= 4 is 0 Å². The van der Waals surface area contributed by atoms with E-state index in [-0.39, 0.29) is 5.82 Å². The lowest BCUT2D eigenvalue weighted by Gasteiger charge is -2.13. The molecule has 0 atom stereocenters. The van der Waals surface area contributed by atoms with Crippen LogP contribution in [0.5, 0.6) is 11.5 Å². The fourth-order valence-corrected chi connectivity index (χ4v) is 2.73. The van der Waals surface area contributed by atoms with Crippen molar-refractivity contribution in [2.24, 2.45) is 0 Å². The van der Waals surface area contributed by atoms with Crippen molar-refractivity contribution in [2.75, 3.05) is 7.05 Å². The maximum absolute atomic E-state index is 14.0. The summed E-state index contributed by atoms with van der Waals surface area (Å²) in [7, 11) is 1.84. The molecule has 1 N–H and O–H groups in total. The molecule has 2 aromatic carbocycles. The first-order valence-corrected chi connectivity index (χ1v) is 6.99. The summed E-state index contributed by atoms with van der Waals surface area (Å²) in [5.41, 5.74) is 3.54. The van der Waals surface area contributed by atoms with Gasteiger partial charge in [-0.25, -0.2) is 4.39 Å². The highest BCUT2D eigenvalue weighted by Gasteiger charge is 2.14. The minimum Gasteiger partial charge on any atom is -0.454 e. The number of rotatable bonds is 4. The fourth-order valence-electron chi connectivity index (χ4n) is 2.73. The van der Waals surface area contributed by atoms with Gasteiger partial charge in [0.05, 0.1) is 0 Å². The van der Waals surface area contributed by atoms with E-state index in [1.807, 2.05) is 25.2 Å². The zero-order valence-electron chi connectivity index (χ0n) is 11.6. The van der Waals surface area contributed by atoms with E-state index in [2.05, 4.69) is 11.4 Å². The third kappa shape index (κ3) is 2.54. The van der Waals surface area contributed by atoms with E-state index in [1.165, 1.54) is 23.6 Å². The topological polar surface area (TPSA) is 21.3 Å². The van der Waals surface area contributed by atoms with Crippen LogP contribution in [0.25, 0.3) is 0 Å². The molecule has 0 unspecified atom stereocenters. The smallest absolute Gasteiger partial charge is 0.167 e. The van der Waals surface area contributed by atoms with E-state index >= 15 is 0 Å². The van der Waals surface area contributed by atoms with E-state index in [4.69, 9.17) is 4.74 Å². The van der Waals surface area contributed by atoms with Crippen LogP contribution in [0.3, 0.4) is 0 Å². The molecular weight excluding hydrogens is 253 g/mol. The highest BCUT2D eigenvalue weighted by molar-refractivity contribution is 5.43. The van der Waals surface area contributed by atoms with Gasteiger partial charge in [0.15, 0.2) is 11.6 Å². The Kier molecular flexibility index (Phi) is 3.70. The predicted molar refractivity (Wildman–Crippen MR) is 77.7 cm³/mol. The second kappa shape index (κ2) is 5.63. The zero-order valence-corrected chi connectivity index (χ0v) is 11.6. The van der Waals surface area contributed by atoms with Gasteiger partial charge >= 0.3 is 0 Å². The summed E-state index contributed by atoms with van der Waals surface area (Å²) in [5.74, 6) is 0.714. The molecule has 0 aromatic heterocycles. The summed E-state index contributed by atoms with van der Waals surface area (Å²) in [5, 5.41) is 3.03. The molecule has 0 saturated carbocycles. The van der Waals surface area contributed by atoms with Crippen LogP contribution in [0.2, 0.25) is 0 Å². The zero-order chi connectivity index (χ0) is 13.9. The normalized spacial score (nSPS) is 13.3. The van der Waals surface area contributed by atoms with Crippen LogP contribution in [0.4, 0.5) is 4.39 Å². The van der Waals surface area contributed by atoms with E-state index < -0.39 is 0 Å². The van der Waals surface area contributed by atoms with Crippen LogP contribution in [-0.2, 0) is 19.4 Å². The van der Waals surface area contributed by atoms with Crippen molar-refractivity contribution < 1.29 is 9.13 Å². The third-order valence-electron chi connectivity index (χ3n) is 3.71. The summed E-state index contributed by atoms with van der Waals surface area (Å²) in [6.07, 6.45) is 3.43. The molecule has 0 radical (unpaired) electrons. The first-order chi connectivity index (χ1) is 9.78.